The van der Waals surface area contributed by atoms with E-state index in [1.807, 2.05) is 6.07 Å². The number of hydroxylamine groups is 2. The van der Waals surface area contributed by atoms with Gasteiger partial charge in [0.1, 0.15) is 6.04 Å². The molecular weight excluding hydrogens is 582 g/mol. The second kappa shape index (κ2) is 13.7. The number of benzene rings is 2. The van der Waals surface area contributed by atoms with Crippen LogP contribution in [0.5, 0.6) is 5.88 Å². The molecule has 1 heterocycles. The van der Waals surface area contributed by atoms with E-state index in [2.05, 4.69) is 42.5 Å². The van der Waals surface area contributed by atoms with Crippen LogP contribution in [0, 0.1) is 12.3 Å². The summed E-state index contributed by atoms with van der Waals surface area (Å²) in [6, 6.07) is 12.4. The Kier molecular flexibility index (Phi) is 10.4. The lowest BCUT2D eigenvalue weighted by Gasteiger charge is -2.36. The predicted octanol–water partition coefficient (Wildman–Crippen LogP) is 3.41. The summed E-state index contributed by atoms with van der Waals surface area (Å²) in [7, 11) is 0. The van der Waals surface area contributed by atoms with Gasteiger partial charge in [0.25, 0.3) is 0 Å². The van der Waals surface area contributed by atoms with Crippen molar-refractivity contribution < 1.29 is 29.4 Å². The first kappa shape index (κ1) is 30.4. The molecule has 2 aromatic carbocycles. The number of terminal acetylenes is 1. The van der Waals surface area contributed by atoms with Gasteiger partial charge >= 0.3 is 0 Å². The van der Waals surface area contributed by atoms with Crippen molar-refractivity contribution >= 4 is 45.3 Å². The molecule has 0 aliphatic heterocycles. The maximum atomic E-state index is 13.5. The maximum absolute atomic E-state index is 13.5. The Morgan fingerprint density at radius 3 is 2.50 bits per heavy atom. The van der Waals surface area contributed by atoms with E-state index in [9.17, 15) is 19.8 Å². The molecule has 3 rings (SSSR count). The largest absolute Gasteiger partial charge is 0.528 e. The fraction of sp³-hybridized carbons (Fsp3) is 0.286. The molecule has 0 bridgehead atoms. The van der Waals surface area contributed by atoms with E-state index in [0.717, 1.165) is 0 Å². The van der Waals surface area contributed by atoms with Crippen molar-refractivity contribution in [2.75, 3.05) is 17.2 Å². The molecule has 0 aliphatic carbocycles. The minimum Gasteiger partial charge on any atom is -0.528 e. The molecule has 0 fully saturated rings. The van der Waals surface area contributed by atoms with E-state index in [1.165, 1.54) is 6.20 Å². The molecule has 0 unspecified atom stereocenters. The van der Waals surface area contributed by atoms with E-state index in [-0.39, 0.29) is 37.2 Å². The summed E-state index contributed by atoms with van der Waals surface area (Å²) in [5.41, 5.74) is 0.981. The van der Waals surface area contributed by atoms with Gasteiger partial charge in [0.2, 0.25) is 17.7 Å². The number of nitrogens with zero attached hydrogens (tertiary/aromatic N) is 3. The average Bonchev–Trinajstić information content (AvgIpc) is 2.90. The smallest absolute Gasteiger partial charge is 0.250 e. The monoisotopic (exact) mass is 610 g/mol. The minimum absolute atomic E-state index is 0.0111. The van der Waals surface area contributed by atoms with Gasteiger partial charge in [-0.25, -0.2) is 10.0 Å². The second-order valence-corrected chi connectivity index (χ2v) is 10.4. The van der Waals surface area contributed by atoms with Gasteiger partial charge in [0, 0.05) is 17.8 Å². The number of carbonyl (C=O) groups excluding carboxylic acids is 2. The number of aliphatic hydroxyl groups excluding tert-OH is 1. The number of rotatable bonds is 11. The SMILES string of the molecule is C#CCOc1nc(Nc2cc(CO)cc(NC(=O)[C@@H](Cc3ccccc3)N(OC(C)(C)C)C(=O)[O-])c2)ncc1Br. The Morgan fingerprint density at radius 1 is 1.18 bits per heavy atom. The fourth-order valence-electron chi connectivity index (χ4n) is 3.55. The van der Waals surface area contributed by atoms with E-state index in [1.54, 1.807) is 63.2 Å². The number of hydrogen-bond donors (Lipinski definition) is 3. The van der Waals surface area contributed by atoms with Crippen molar-refractivity contribution in [1.82, 2.24) is 15.0 Å². The number of hydrogen-bond acceptors (Lipinski definition) is 9. The zero-order valence-corrected chi connectivity index (χ0v) is 23.8. The molecule has 12 heteroatoms. The van der Waals surface area contributed by atoms with Gasteiger partial charge in [0.05, 0.1) is 22.9 Å². The van der Waals surface area contributed by atoms with E-state index < -0.39 is 23.6 Å². The highest BCUT2D eigenvalue weighted by Gasteiger charge is 2.31. The first-order valence-electron chi connectivity index (χ1n) is 12.1. The molecule has 0 spiro atoms. The normalized spacial score (nSPS) is 11.7. The Bertz CT molecular complexity index is 1370. The molecule has 3 N–H and O–H groups in total. The highest BCUT2D eigenvalue weighted by atomic mass is 79.9. The highest BCUT2D eigenvalue weighted by molar-refractivity contribution is 9.10. The van der Waals surface area contributed by atoms with Crippen LogP contribution >= 0.6 is 15.9 Å². The number of aromatic nitrogens is 2. The number of carboxylic acid groups (broad SMARTS) is 1. The van der Waals surface area contributed by atoms with Crippen LogP contribution in [0.15, 0.2) is 59.2 Å². The lowest BCUT2D eigenvalue weighted by Crippen LogP contribution is -2.55. The lowest BCUT2D eigenvalue weighted by molar-refractivity contribution is -0.325. The summed E-state index contributed by atoms with van der Waals surface area (Å²) in [4.78, 5) is 39.7. The Labute approximate surface area is 240 Å². The fourth-order valence-corrected chi connectivity index (χ4v) is 3.85. The molecule has 2 amide bonds. The van der Waals surface area contributed by atoms with Crippen molar-refractivity contribution in [3.8, 4) is 18.2 Å². The van der Waals surface area contributed by atoms with Crippen LogP contribution in [0.4, 0.5) is 22.1 Å². The minimum atomic E-state index is -1.66. The first-order chi connectivity index (χ1) is 19.0. The summed E-state index contributed by atoms with van der Waals surface area (Å²) < 4.78 is 5.90. The van der Waals surface area contributed by atoms with Crippen LogP contribution < -0.4 is 20.5 Å². The average molecular weight is 611 g/mol. The third kappa shape index (κ3) is 8.94. The Morgan fingerprint density at radius 2 is 1.88 bits per heavy atom. The summed E-state index contributed by atoms with van der Waals surface area (Å²) in [6.07, 6.45) is 5.10. The standard InChI is InChI=1S/C28H30BrN5O6/c1-5-11-39-25-22(29)16-30-26(33-25)32-21-13-19(17-35)12-20(15-21)31-24(36)23(14-18-9-7-6-8-10-18)34(27(37)38)40-28(2,3)4/h1,6-10,12-13,15-16,23,35H,11,14,17H2,2-4H3,(H,31,36)(H,37,38)(H,30,32,33)/p-1/t23-/m1/s1. The molecular formula is C28H29BrN5O6-. The zero-order chi connectivity index (χ0) is 29.3. The van der Waals surface area contributed by atoms with Crippen molar-refractivity contribution in [2.45, 2.75) is 45.4 Å². The van der Waals surface area contributed by atoms with Crippen molar-refractivity contribution in [2.24, 2.45) is 0 Å². The quantitative estimate of drug-likeness (QED) is 0.219. The van der Waals surface area contributed by atoms with Crippen LogP contribution in [0.25, 0.3) is 0 Å². The number of amides is 2. The van der Waals surface area contributed by atoms with Crippen LogP contribution in [-0.4, -0.2) is 50.4 Å². The molecule has 210 valence electrons. The van der Waals surface area contributed by atoms with Crippen LogP contribution in [0.1, 0.15) is 31.9 Å². The molecule has 1 atom stereocenters. The number of halogens is 1. The second-order valence-electron chi connectivity index (χ2n) is 9.53. The molecule has 3 aromatic rings. The zero-order valence-electron chi connectivity index (χ0n) is 22.2. The summed E-state index contributed by atoms with van der Waals surface area (Å²) >= 11 is 3.30. The number of ether oxygens (including phenoxy) is 1. The van der Waals surface area contributed by atoms with E-state index >= 15 is 0 Å². The van der Waals surface area contributed by atoms with Gasteiger partial charge in [-0.05, 0) is 66.0 Å². The predicted molar refractivity (Wildman–Crippen MR) is 150 cm³/mol. The first-order valence-corrected chi connectivity index (χ1v) is 12.9. The van der Waals surface area contributed by atoms with Crippen LogP contribution in [0.3, 0.4) is 0 Å². The molecule has 0 aliphatic rings. The molecule has 0 radical (unpaired) electrons. The lowest BCUT2D eigenvalue weighted by atomic mass is 10.0. The number of nitrogens with one attached hydrogen (secondary N) is 2. The molecule has 0 saturated heterocycles. The molecule has 40 heavy (non-hydrogen) atoms. The summed E-state index contributed by atoms with van der Waals surface area (Å²) in [6.45, 7) is 4.67. The third-order valence-electron chi connectivity index (χ3n) is 5.11. The number of carbonyl (C=O) groups is 2. The van der Waals surface area contributed by atoms with E-state index in [0.29, 0.717) is 26.4 Å². The highest BCUT2D eigenvalue weighted by Crippen LogP contribution is 2.26. The van der Waals surface area contributed by atoms with Gasteiger partial charge in [-0.1, -0.05) is 36.3 Å². The van der Waals surface area contributed by atoms with Crippen LogP contribution in [-0.2, 0) is 22.7 Å². The topological polar surface area (TPSA) is 149 Å². The molecule has 0 saturated carbocycles. The summed E-state index contributed by atoms with van der Waals surface area (Å²) in [5.74, 6) is 2.10. The third-order valence-corrected chi connectivity index (χ3v) is 5.66. The van der Waals surface area contributed by atoms with Gasteiger partial charge in [0.15, 0.2) is 12.7 Å². The maximum Gasteiger partial charge on any atom is 0.250 e. The Hall–Kier alpha value is -4.18. The number of aliphatic hydroxyl groups is 1. The van der Waals surface area contributed by atoms with Gasteiger partial charge in [-0.2, -0.15) is 4.98 Å². The summed E-state index contributed by atoms with van der Waals surface area (Å²) in [5, 5.41) is 28.2. The van der Waals surface area contributed by atoms with Crippen molar-refractivity contribution in [1.29, 1.82) is 0 Å². The Balaban J connectivity index is 1.90. The van der Waals surface area contributed by atoms with Crippen molar-refractivity contribution in [3.63, 3.8) is 0 Å². The number of anilines is 3. The van der Waals surface area contributed by atoms with Crippen molar-refractivity contribution in [3.05, 3.63) is 70.3 Å². The van der Waals surface area contributed by atoms with Gasteiger partial charge < -0.3 is 30.4 Å². The van der Waals surface area contributed by atoms with E-state index in [4.69, 9.17) is 16.0 Å². The molecule has 1 aromatic heterocycles. The van der Waals surface area contributed by atoms with Crippen LogP contribution in [0.2, 0.25) is 0 Å². The van der Waals surface area contributed by atoms with Gasteiger partial charge in [-0.15, -0.1) is 6.42 Å². The molecule has 11 nitrogen and oxygen atoms in total. The van der Waals surface area contributed by atoms with Gasteiger partial charge in [-0.3, -0.25) is 9.63 Å².